The monoisotopic (exact) mass is 974 g/mol. The van der Waals surface area contributed by atoms with Gasteiger partial charge in [-0.15, -0.1) is 0 Å². The average molecular weight is 974 g/mol. The van der Waals surface area contributed by atoms with Gasteiger partial charge in [-0.2, -0.15) is 0 Å². The molecule has 1 aliphatic carbocycles. The van der Waals surface area contributed by atoms with Crippen molar-refractivity contribution in [2.45, 2.75) is 103 Å². The Labute approximate surface area is 408 Å². The first-order valence-electron chi connectivity index (χ1n) is 24.2. The lowest BCUT2D eigenvalue weighted by Gasteiger charge is -2.20. The molecule has 0 aliphatic heterocycles. The summed E-state index contributed by atoms with van der Waals surface area (Å²) in [5.74, 6) is -0.850. The number of carbonyl (C=O) groups excluding carboxylic acids is 5. The maximum absolute atomic E-state index is 13.4. The quantitative estimate of drug-likeness (QED) is 0.0418. The minimum Gasteiger partial charge on any atom is -0.449 e. The number of nitrogens with one attached hydrogen (secondary N) is 5. The van der Waals surface area contributed by atoms with Crippen molar-refractivity contribution in [3.05, 3.63) is 59.7 Å². The van der Waals surface area contributed by atoms with Crippen molar-refractivity contribution in [2.24, 2.45) is 0 Å². The highest BCUT2D eigenvalue weighted by molar-refractivity contribution is 5.86. The van der Waals surface area contributed by atoms with E-state index in [0.717, 1.165) is 22.3 Å². The Morgan fingerprint density at radius 3 is 1.29 bits per heavy atom. The number of fused-ring (bicyclic) bond motifs is 3. The van der Waals surface area contributed by atoms with Crippen LogP contribution in [0.4, 0.5) is 14.4 Å². The van der Waals surface area contributed by atoms with Crippen molar-refractivity contribution in [2.75, 3.05) is 112 Å². The van der Waals surface area contributed by atoms with Gasteiger partial charge < -0.3 is 69.2 Å². The van der Waals surface area contributed by atoms with E-state index in [1.165, 1.54) is 0 Å². The smallest absolute Gasteiger partial charge is 0.407 e. The van der Waals surface area contributed by atoms with Crippen LogP contribution in [-0.2, 0) is 52.2 Å². The van der Waals surface area contributed by atoms with Crippen molar-refractivity contribution >= 4 is 30.1 Å². The lowest BCUT2D eigenvalue weighted by molar-refractivity contribution is -0.124. The molecule has 2 aromatic rings. The number of alkyl carbamates (subject to hydrolysis) is 3. The summed E-state index contributed by atoms with van der Waals surface area (Å²) in [6.45, 7) is 17.5. The third-order valence-corrected chi connectivity index (χ3v) is 9.92. The molecule has 0 fully saturated rings. The van der Waals surface area contributed by atoms with Crippen molar-refractivity contribution in [1.82, 2.24) is 26.6 Å². The molecule has 0 radical (unpaired) electrons. The number of amides is 5. The second-order valence-corrected chi connectivity index (χ2v) is 18.1. The van der Waals surface area contributed by atoms with Crippen molar-refractivity contribution in [3.8, 4) is 11.1 Å². The topological polar surface area (TPSA) is 229 Å². The first kappa shape index (κ1) is 58.3. The van der Waals surface area contributed by atoms with Gasteiger partial charge in [-0.25, -0.2) is 14.4 Å². The first-order valence-corrected chi connectivity index (χ1v) is 24.2. The van der Waals surface area contributed by atoms with Gasteiger partial charge in [0.05, 0.1) is 52.9 Å². The van der Waals surface area contributed by atoms with E-state index < -0.39 is 41.4 Å². The molecule has 3 rings (SSSR count). The fraction of sp³-hybridized carbons (Fsp3) is 0.660. The molecule has 5 amide bonds. The molecular formula is C50H79N5O14. The molecule has 0 heterocycles. The number of carbonyl (C=O) groups is 5. The second kappa shape index (κ2) is 33.5. The minimum absolute atomic E-state index is 0.00176. The summed E-state index contributed by atoms with van der Waals surface area (Å²) in [5, 5.41) is 13.8. The van der Waals surface area contributed by atoms with E-state index in [1.54, 1.807) is 0 Å². The van der Waals surface area contributed by atoms with E-state index in [2.05, 4.69) is 38.7 Å². The predicted molar refractivity (Wildman–Crippen MR) is 259 cm³/mol. The number of hydrogen-bond acceptors (Lipinski definition) is 14. The Bertz CT molecular complexity index is 1760. The van der Waals surface area contributed by atoms with E-state index >= 15 is 0 Å². The van der Waals surface area contributed by atoms with Gasteiger partial charge in [-0.1, -0.05) is 48.5 Å². The second-order valence-electron chi connectivity index (χ2n) is 18.1. The van der Waals surface area contributed by atoms with Crippen LogP contribution in [0.3, 0.4) is 0 Å². The van der Waals surface area contributed by atoms with Gasteiger partial charge in [0.1, 0.15) is 23.9 Å². The van der Waals surface area contributed by atoms with Crippen LogP contribution in [-0.4, -0.2) is 159 Å². The maximum Gasteiger partial charge on any atom is 0.407 e. The van der Waals surface area contributed by atoms with Crippen molar-refractivity contribution < 1.29 is 66.6 Å². The van der Waals surface area contributed by atoms with Crippen LogP contribution in [0.25, 0.3) is 11.1 Å². The lowest BCUT2D eigenvalue weighted by atomic mass is 9.98. The Balaban J connectivity index is 1.29. The van der Waals surface area contributed by atoms with E-state index in [0.29, 0.717) is 131 Å². The van der Waals surface area contributed by atoms with Crippen molar-refractivity contribution in [3.63, 3.8) is 0 Å². The summed E-state index contributed by atoms with van der Waals surface area (Å²) >= 11 is 0. The Morgan fingerprint density at radius 2 is 0.870 bits per heavy atom. The number of rotatable bonds is 35. The maximum atomic E-state index is 13.4. The SMILES string of the molecule is CC(C)(C)OC(=O)NCCCOCCOCCOCCCNC(=O)CC[C@H](NC(=O)OCC1c2ccccc2-c2ccccc21)C(=O)NCCCOCCOCCOCCCNC(=O)OC(C)(C)C. The summed E-state index contributed by atoms with van der Waals surface area (Å²) in [4.78, 5) is 62.7. The molecule has 1 aliphatic rings. The standard InChI is InChI=1S/C50H79N5O14/c1-49(2,3)68-46(58)53-23-13-27-63-31-35-65-33-29-61-25-11-21-51-44(56)20-19-43(55-48(60)67-37-42-40-17-9-7-15-38(40)39-16-8-10-18-41(39)42)45(57)52-22-12-26-62-30-34-66-36-32-64-28-14-24-54-47(59)69-50(4,5)6/h7-10,15-18,42-43H,11-14,19-37H2,1-6H3,(H,51,56)(H,52,57)(H,53,58)(H,54,59)(H,55,60)/t43-/m0/s1. The van der Waals surface area contributed by atoms with Crippen molar-refractivity contribution in [1.29, 1.82) is 0 Å². The Kier molecular flexibility index (Phi) is 28.3. The molecule has 0 saturated heterocycles. The van der Waals surface area contributed by atoms with Gasteiger partial charge in [-0.3, -0.25) is 9.59 Å². The summed E-state index contributed by atoms with van der Waals surface area (Å²) in [6, 6.07) is 15.0. The molecule has 0 unspecified atom stereocenters. The number of hydrogen-bond donors (Lipinski definition) is 5. The van der Waals surface area contributed by atoms with Gasteiger partial charge >= 0.3 is 18.3 Å². The van der Waals surface area contributed by atoms with Gasteiger partial charge in [0.2, 0.25) is 11.8 Å². The molecule has 0 spiro atoms. The van der Waals surface area contributed by atoms with Crippen LogP contribution >= 0.6 is 0 Å². The molecule has 1 atom stereocenters. The molecule has 0 bridgehead atoms. The van der Waals surface area contributed by atoms with E-state index in [4.69, 9.17) is 42.6 Å². The van der Waals surface area contributed by atoms with E-state index in [1.807, 2.05) is 77.9 Å². The van der Waals surface area contributed by atoms with Gasteiger partial charge in [0.25, 0.3) is 0 Å². The molecule has 69 heavy (non-hydrogen) atoms. The molecule has 388 valence electrons. The predicted octanol–water partition coefficient (Wildman–Crippen LogP) is 5.62. The summed E-state index contributed by atoms with van der Waals surface area (Å²) in [6.07, 6.45) is 0.811. The highest BCUT2D eigenvalue weighted by atomic mass is 16.6. The van der Waals surface area contributed by atoms with Gasteiger partial charge in [0, 0.05) is 64.9 Å². The van der Waals surface area contributed by atoms with E-state index in [-0.39, 0.29) is 31.3 Å². The molecule has 19 nitrogen and oxygen atoms in total. The highest BCUT2D eigenvalue weighted by Gasteiger charge is 2.30. The molecular weight excluding hydrogens is 895 g/mol. The normalized spacial score (nSPS) is 12.6. The fourth-order valence-electron chi connectivity index (χ4n) is 6.77. The molecule has 2 aromatic carbocycles. The highest BCUT2D eigenvalue weighted by Crippen LogP contribution is 2.44. The van der Waals surface area contributed by atoms with Gasteiger partial charge in [0.15, 0.2) is 0 Å². The first-order chi connectivity index (χ1) is 33.1. The third kappa shape index (κ3) is 27.1. The molecule has 5 N–H and O–H groups in total. The fourth-order valence-corrected chi connectivity index (χ4v) is 6.77. The summed E-state index contributed by atoms with van der Waals surface area (Å²) in [7, 11) is 0. The molecule has 0 saturated carbocycles. The summed E-state index contributed by atoms with van der Waals surface area (Å²) < 4.78 is 49.5. The summed E-state index contributed by atoms with van der Waals surface area (Å²) in [5.41, 5.74) is 3.27. The van der Waals surface area contributed by atoms with Crippen LogP contribution in [0, 0.1) is 0 Å². The zero-order valence-corrected chi connectivity index (χ0v) is 41.8. The third-order valence-electron chi connectivity index (χ3n) is 9.92. The number of ether oxygens (including phenoxy) is 9. The van der Waals surface area contributed by atoms with Crippen LogP contribution in [0.5, 0.6) is 0 Å². The van der Waals surface area contributed by atoms with Crippen LogP contribution in [0.15, 0.2) is 48.5 Å². The largest absolute Gasteiger partial charge is 0.449 e. The minimum atomic E-state index is -1.01. The van der Waals surface area contributed by atoms with Crippen LogP contribution in [0.1, 0.15) is 97.1 Å². The Hall–Kier alpha value is -5.05. The van der Waals surface area contributed by atoms with Gasteiger partial charge in [-0.05, 0) is 95.9 Å². The Morgan fingerprint density at radius 1 is 0.493 bits per heavy atom. The zero-order chi connectivity index (χ0) is 50.2. The zero-order valence-electron chi connectivity index (χ0n) is 41.8. The molecule has 19 heteroatoms. The average Bonchev–Trinajstić information content (AvgIpc) is 3.61. The number of benzene rings is 2. The molecule has 0 aromatic heterocycles. The van der Waals surface area contributed by atoms with Crippen LogP contribution < -0.4 is 26.6 Å². The van der Waals surface area contributed by atoms with Crippen LogP contribution in [0.2, 0.25) is 0 Å². The lowest BCUT2D eigenvalue weighted by Crippen LogP contribution is -2.48. The van der Waals surface area contributed by atoms with E-state index in [9.17, 15) is 24.0 Å².